The lowest BCUT2D eigenvalue weighted by Gasteiger charge is -2.01. The van der Waals surface area contributed by atoms with Gasteiger partial charge in [-0.2, -0.15) is 0 Å². The molecule has 0 N–H and O–H groups in total. The van der Waals surface area contributed by atoms with Crippen LogP contribution in [0.4, 0.5) is 0 Å². The molecule has 0 fully saturated rings. The average molecular weight is 370 g/mol. The summed E-state index contributed by atoms with van der Waals surface area (Å²) in [6.45, 7) is 16.2. The van der Waals surface area contributed by atoms with Gasteiger partial charge in [0.1, 0.15) is 0 Å². The summed E-state index contributed by atoms with van der Waals surface area (Å²) in [5.41, 5.74) is 2.52. The molecule has 0 unspecified atom stereocenters. The molecule has 0 aliphatic rings. The molecule has 0 spiro atoms. The van der Waals surface area contributed by atoms with Crippen molar-refractivity contribution in [2.75, 3.05) is 0 Å². The zero-order valence-corrected chi connectivity index (χ0v) is 15.1. The van der Waals surface area contributed by atoms with E-state index >= 15 is 0 Å². The van der Waals surface area contributed by atoms with Gasteiger partial charge in [0.15, 0.2) is 0 Å². The molecule has 0 aliphatic carbocycles. The number of halogens is 2. The summed E-state index contributed by atoms with van der Waals surface area (Å²) < 4.78 is 2.35. The van der Waals surface area contributed by atoms with Gasteiger partial charge in [0.05, 0.1) is 0 Å². The fourth-order valence-corrected chi connectivity index (χ4v) is 1.66. The van der Waals surface area contributed by atoms with Crippen LogP contribution in [0, 0.1) is 13.8 Å². The first kappa shape index (κ1) is 25.9. The normalized spacial score (nSPS) is 6.94. The van der Waals surface area contributed by atoms with Crippen molar-refractivity contribution < 1.29 is 0 Å². The van der Waals surface area contributed by atoms with E-state index in [9.17, 15) is 0 Å². The highest BCUT2D eigenvalue weighted by molar-refractivity contribution is 9.11. The number of hydrogen-bond acceptors (Lipinski definition) is 0. The van der Waals surface area contributed by atoms with Crippen LogP contribution in [0.2, 0.25) is 0 Å². The molecule has 0 bridgehead atoms. The Morgan fingerprint density at radius 3 is 1.00 bits per heavy atom. The van der Waals surface area contributed by atoms with Gasteiger partial charge in [0.2, 0.25) is 0 Å². The molecule has 1 rings (SSSR count). The first-order valence-corrected chi connectivity index (χ1v) is 7.62. The highest BCUT2D eigenvalue weighted by Gasteiger charge is 1.97. The minimum Gasteiger partial charge on any atom is -0.0776 e. The van der Waals surface area contributed by atoms with Crippen molar-refractivity contribution in [3.63, 3.8) is 0 Å². The predicted molar refractivity (Wildman–Crippen MR) is 92.1 cm³/mol. The highest BCUT2D eigenvalue weighted by atomic mass is 79.9. The molecule has 0 saturated carbocycles. The van der Waals surface area contributed by atoms with Crippen molar-refractivity contribution in [3.05, 3.63) is 32.2 Å². The topological polar surface area (TPSA) is 0 Å². The van der Waals surface area contributed by atoms with Crippen LogP contribution in [0.15, 0.2) is 21.1 Å². The van der Waals surface area contributed by atoms with Gasteiger partial charge in [-0.05, 0) is 37.1 Å². The molecule has 0 aromatic heterocycles. The second-order valence-corrected chi connectivity index (χ2v) is 4.06. The van der Waals surface area contributed by atoms with Crippen LogP contribution >= 0.6 is 31.9 Å². The third-order valence-electron chi connectivity index (χ3n) is 1.44. The van der Waals surface area contributed by atoms with E-state index in [0.717, 1.165) is 0 Å². The maximum atomic E-state index is 3.46. The molecule has 104 valence electrons. The lowest BCUT2D eigenvalue weighted by molar-refractivity contribution is 1.34. The van der Waals surface area contributed by atoms with Crippen molar-refractivity contribution in [2.24, 2.45) is 0 Å². The summed E-state index contributed by atoms with van der Waals surface area (Å²) in [5, 5.41) is 0. The van der Waals surface area contributed by atoms with Crippen molar-refractivity contribution in [1.82, 2.24) is 0 Å². The van der Waals surface area contributed by atoms with Crippen molar-refractivity contribution >= 4 is 31.9 Å². The number of aryl methyl sites for hydroxylation is 2. The zero-order valence-electron chi connectivity index (χ0n) is 11.9. The molecule has 0 atom stereocenters. The van der Waals surface area contributed by atoms with Crippen molar-refractivity contribution in [1.29, 1.82) is 0 Å². The maximum absolute atomic E-state index is 3.46. The van der Waals surface area contributed by atoms with Gasteiger partial charge in [-0.1, -0.05) is 80.8 Å². The first-order chi connectivity index (χ1) is 7.61. The molecular weight excluding hydrogens is 340 g/mol. The molecule has 17 heavy (non-hydrogen) atoms. The van der Waals surface area contributed by atoms with Crippen molar-refractivity contribution in [3.8, 4) is 0 Å². The third-order valence-corrected chi connectivity index (χ3v) is 3.15. The van der Waals surface area contributed by atoms with Crippen LogP contribution < -0.4 is 0 Å². The Morgan fingerprint density at radius 1 is 0.647 bits per heavy atom. The minimum absolute atomic E-state index is 0. The lowest BCUT2D eigenvalue weighted by Crippen LogP contribution is -1.79. The van der Waals surface area contributed by atoms with Crippen LogP contribution in [0.3, 0.4) is 0 Å². The van der Waals surface area contributed by atoms with Crippen molar-refractivity contribution in [2.45, 2.75) is 62.8 Å². The van der Waals surface area contributed by atoms with Crippen LogP contribution in [-0.4, -0.2) is 0 Å². The molecule has 1 aromatic rings. The molecule has 0 amide bonds. The Labute approximate surface area is 126 Å². The van der Waals surface area contributed by atoms with Gasteiger partial charge >= 0.3 is 0 Å². The monoisotopic (exact) mass is 368 g/mol. The van der Waals surface area contributed by atoms with E-state index in [1.54, 1.807) is 0 Å². The Hall–Kier alpha value is 0.180. The second kappa shape index (κ2) is 18.5. The SMILES string of the molecule is C.CC.CC.CC.Cc1cc(Br)c(C)cc1Br. The van der Waals surface area contributed by atoms with Gasteiger partial charge in [-0.15, -0.1) is 0 Å². The van der Waals surface area contributed by atoms with E-state index < -0.39 is 0 Å². The number of benzene rings is 1. The Bertz CT molecular complexity index is 205. The Balaban J connectivity index is -0.000000106. The lowest BCUT2D eigenvalue weighted by atomic mass is 10.2. The molecule has 2 heteroatoms. The van der Waals surface area contributed by atoms with E-state index in [-0.39, 0.29) is 7.43 Å². The molecule has 1 aromatic carbocycles. The Morgan fingerprint density at radius 2 is 0.824 bits per heavy atom. The maximum Gasteiger partial charge on any atom is 0.0207 e. The van der Waals surface area contributed by atoms with Gasteiger partial charge in [-0.3, -0.25) is 0 Å². The summed E-state index contributed by atoms with van der Waals surface area (Å²) >= 11 is 6.92. The van der Waals surface area contributed by atoms with E-state index in [4.69, 9.17) is 0 Å². The summed E-state index contributed by atoms with van der Waals surface area (Å²) in [4.78, 5) is 0. The zero-order chi connectivity index (χ0) is 13.7. The smallest absolute Gasteiger partial charge is 0.0207 e. The summed E-state index contributed by atoms with van der Waals surface area (Å²) in [6, 6.07) is 4.22. The molecule has 0 aliphatic heterocycles. The van der Waals surface area contributed by atoms with Crippen LogP contribution in [-0.2, 0) is 0 Å². The standard InChI is InChI=1S/C8H8Br2.3C2H6.CH4/c1-5-3-8(10)6(2)4-7(5)9;3*1-2;/h3-4H,1-2H3;3*1-2H3;1H4. The van der Waals surface area contributed by atoms with E-state index in [0.29, 0.717) is 0 Å². The fraction of sp³-hybridized carbons (Fsp3) is 0.600. The van der Waals surface area contributed by atoms with Gasteiger partial charge < -0.3 is 0 Å². The summed E-state index contributed by atoms with van der Waals surface area (Å²) in [7, 11) is 0. The quantitative estimate of drug-likeness (QED) is 0.442. The number of rotatable bonds is 0. The van der Waals surface area contributed by atoms with Gasteiger partial charge in [0.25, 0.3) is 0 Å². The molecule has 0 heterocycles. The third kappa shape index (κ3) is 12.4. The molecule has 0 radical (unpaired) electrons. The highest BCUT2D eigenvalue weighted by Crippen LogP contribution is 2.24. The molecule has 0 saturated heterocycles. The van der Waals surface area contributed by atoms with E-state index in [1.807, 2.05) is 41.5 Å². The van der Waals surface area contributed by atoms with Gasteiger partial charge in [0, 0.05) is 8.95 Å². The number of hydrogen-bond donors (Lipinski definition) is 0. The Kier molecular flexibility index (Phi) is 28.2. The van der Waals surface area contributed by atoms with Crippen LogP contribution in [0.5, 0.6) is 0 Å². The fourth-order valence-electron chi connectivity index (χ4n) is 0.746. The van der Waals surface area contributed by atoms with Crippen LogP contribution in [0.25, 0.3) is 0 Å². The largest absolute Gasteiger partial charge is 0.0776 e. The average Bonchev–Trinajstić information content (AvgIpc) is 2.34. The first-order valence-electron chi connectivity index (χ1n) is 6.03. The van der Waals surface area contributed by atoms with E-state index in [1.165, 1.54) is 20.1 Å². The van der Waals surface area contributed by atoms with Gasteiger partial charge in [-0.25, -0.2) is 0 Å². The summed E-state index contributed by atoms with van der Waals surface area (Å²) in [5.74, 6) is 0. The molecular formula is C15H30Br2. The predicted octanol–water partition coefficient (Wildman–Crippen LogP) is 7.54. The minimum atomic E-state index is 0. The second-order valence-electron chi connectivity index (χ2n) is 2.35. The van der Waals surface area contributed by atoms with Crippen LogP contribution in [0.1, 0.15) is 60.1 Å². The molecule has 0 nitrogen and oxygen atoms in total. The summed E-state index contributed by atoms with van der Waals surface area (Å²) in [6.07, 6.45) is 0. The van der Waals surface area contributed by atoms with E-state index in [2.05, 4.69) is 57.8 Å².